The van der Waals surface area contributed by atoms with E-state index in [1.165, 1.54) is 0 Å². The number of aromatic nitrogens is 2. The first-order chi connectivity index (χ1) is 11.6. The number of fused-ring (bicyclic) bond motifs is 1. The van der Waals surface area contributed by atoms with Crippen molar-refractivity contribution in [3.63, 3.8) is 0 Å². The van der Waals surface area contributed by atoms with Gasteiger partial charge < -0.3 is 4.98 Å². The van der Waals surface area contributed by atoms with E-state index in [9.17, 15) is 8.42 Å². The first-order valence-electron chi connectivity index (χ1n) is 8.06. The summed E-state index contributed by atoms with van der Waals surface area (Å²) in [6, 6.07) is 7.36. The molecule has 7 heteroatoms. The smallest absolute Gasteiger partial charge is 0.243 e. The van der Waals surface area contributed by atoms with Crippen LogP contribution in [0, 0.1) is 6.92 Å². The van der Waals surface area contributed by atoms with E-state index >= 15 is 0 Å². The third-order valence-corrected chi connectivity index (χ3v) is 7.51. The number of nitrogens with zero attached hydrogens (tertiary/aromatic N) is 2. The van der Waals surface area contributed by atoms with Crippen LogP contribution in [0.1, 0.15) is 29.7 Å². The molecule has 1 N–H and O–H groups in total. The number of sulfonamides is 1. The Morgan fingerprint density at radius 2 is 2.00 bits per heavy atom. The lowest BCUT2D eigenvalue weighted by Crippen LogP contribution is -2.28. The quantitative estimate of drug-likeness (QED) is 0.775. The van der Waals surface area contributed by atoms with E-state index in [4.69, 9.17) is 0 Å². The monoisotopic (exact) mass is 361 g/mol. The fourth-order valence-corrected chi connectivity index (χ4v) is 5.93. The Morgan fingerprint density at radius 3 is 2.79 bits per heavy atom. The number of rotatable bonds is 4. The van der Waals surface area contributed by atoms with Crippen LogP contribution in [-0.2, 0) is 16.4 Å². The number of thiazole rings is 1. The number of benzene rings is 1. The van der Waals surface area contributed by atoms with Crippen LogP contribution in [-0.4, -0.2) is 35.8 Å². The molecular formula is C17H19N3O2S2. The number of hydrogen-bond donors (Lipinski definition) is 1. The maximum atomic E-state index is 13.0. The fraction of sp³-hybridized carbons (Fsp3) is 0.353. The van der Waals surface area contributed by atoms with E-state index in [2.05, 4.69) is 9.97 Å². The maximum absolute atomic E-state index is 13.0. The summed E-state index contributed by atoms with van der Waals surface area (Å²) in [7, 11) is -3.41. The van der Waals surface area contributed by atoms with Gasteiger partial charge >= 0.3 is 0 Å². The summed E-state index contributed by atoms with van der Waals surface area (Å²) in [4.78, 5) is 8.03. The minimum absolute atomic E-state index is 0.435. The molecule has 0 radical (unpaired) electrons. The van der Waals surface area contributed by atoms with Gasteiger partial charge in [0.15, 0.2) is 0 Å². The second kappa shape index (κ2) is 5.98. The molecule has 3 heterocycles. The lowest BCUT2D eigenvalue weighted by Gasteiger charge is -2.18. The second-order valence-corrected chi connectivity index (χ2v) is 8.92. The topological polar surface area (TPSA) is 66.1 Å². The Hall–Kier alpha value is -1.70. The van der Waals surface area contributed by atoms with Gasteiger partial charge in [-0.15, -0.1) is 11.3 Å². The van der Waals surface area contributed by atoms with Gasteiger partial charge in [-0.1, -0.05) is 18.2 Å². The highest BCUT2D eigenvalue weighted by Crippen LogP contribution is 2.30. The Labute approximate surface area is 145 Å². The number of aryl methyl sites for hydroxylation is 1. The van der Waals surface area contributed by atoms with Gasteiger partial charge in [-0.05, 0) is 37.0 Å². The van der Waals surface area contributed by atoms with Crippen molar-refractivity contribution in [2.45, 2.75) is 31.1 Å². The molecule has 0 unspecified atom stereocenters. The van der Waals surface area contributed by atoms with Crippen LogP contribution in [0.5, 0.6) is 0 Å². The Kier molecular flexibility index (Phi) is 3.94. The van der Waals surface area contributed by atoms with Crippen molar-refractivity contribution in [2.75, 3.05) is 13.1 Å². The molecule has 0 aliphatic carbocycles. The number of hydrogen-bond acceptors (Lipinski definition) is 4. The molecule has 4 rings (SSSR count). The van der Waals surface area contributed by atoms with Gasteiger partial charge in [0.05, 0.1) is 15.1 Å². The number of aromatic amines is 1. The zero-order valence-electron chi connectivity index (χ0n) is 13.4. The molecule has 1 saturated heterocycles. The summed E-state index contributed by atoms with van der Waals surface area (Å²) in [5.74, 6) is 0. The molecule has 0 atom stereocenters. The number of H-pyrrole nitrogens is 1. The van der Waals surface area contributed by atoms with Crippen LogP contribution in [0.25, 0.3) is 10.3 Å². The average molecular weight is 361 g/mol. The highest BCUT2D eigenvalue weighted by molar-refractivity contribution is 7.89. The molecule has 0 saturated carbocycles. The summed E-state index contributed by atoms with van der Waals surface area (Å²) < 4.78 is 28.7. The van der Waals surface area contributed by atoms with Crippen LogP contribution in [0.2, 0.25) is 0 Å². The Bertz CT molecular complexity index is 982. The van der Waals surface area contributed by atoms with Gasteiger partial charge in [-0.2, -0.15) is 4.31 Å². The maximum Gasteiger partial charge on any atom is 0.243 e. The lowest BCUT2D eigenvalue weighted by atomic mass is 10.1. The first kappa shape index (κ1) is 15.8. The van der Waals surface area contributed by atoms with Crippen molar-refractivity contribution in [1.82, 2.24) is 14.3 Å². The Balaban J connectivity index is 1.77. The molecule has 1 aromatic carbocycles. The van der Waals surface area contributed by atoms with E-state index in [-0.39, 0.29) is 0 Å². The molecule has 5 nitrogen and oxygen atoms in total. The largest absolute Gasteiger partial charge is 0.343 e. The van der Waals surface area contributed by atoms with Gasteiger partial charge in [0.1, 0.15) is 5.65 Å². The van der Waals surface area contributed by atoms with Crippen molar-refractivity contribution in [1.29, 1.82) is 0 Å². The van der Waals surface area contributed by atoms with E-state index < -0.39 is 10.0 Å². The summed E-state index contributed by atoms with van der Waals surface area (Å²) in [5.41, 5.74) is 5.74. The third-order valence-electron chi connectivity index (χ3n) is 4.62. The van der Waals surface area contributed by atoms with Crippen molar-refractivity contribution < 1.29 is 8.42 Å². The molecule has 0 spiro atoms. The van der Waals surface area contributed by atoms with E-state index in [0.29, 0.717) is 24.4 Å². The molecule has 1 aliphatic heterocycles. The van der Waals surface area contributed by atoms with Crippen molar-refractivity contribution >= 4 is 31.7 Å². The normalized spacial score (nSPS) is 16.2. The van der Waals surface area contributed by atoms with Gasteiger partial charge in [0.2, 0.25) is 10.0 Å². The third kappa shape index (κ3) is 2.56. The second-order valence-electron chi connectivity index (χ2n) is 6.15. The van der Waals surface area contributed by atoms with Crippen LogP contribution in [0.4, 0.5) is 0 Å². The molecule has 2 aromatic heterocycles. The van der Waals surface area contributed by atoms with Crippen molar-refractivity contribution in [2.24, 2.45) is 0 Å². The summed E-state index contributed by atoms with van der Waals surface area (Å²) >= 11 is 1.59. The van der Waals surface area contributed by atoms with Gasteiger partial charge in [0.25, 0.3) is 0 Å². The summed E-state index contributed by atoms with van der Waals surface area (Å²) in [5, 5.41) is 0. The van der Waals surface area contributed by atoms with E-state index in [0.717, 1.165) is 40.0 Å². The predicted molar refractivity (Wildman–Crippen MR) is 95.9 cm³/mol. The standard InChI is InChI=1S/C17H19N3O2S2/c1-12-14(16-17(19-12)18-11-23-16)10-13-6-2-3-7-15(13)24(21,22)20-8-4-5-9-20/h2-3,6-7,11,19H,4-5,8-10H2,1H3. The molecule has 0 amide bonds. The molecule has 24 heavy (non-hydrogen) atoms. The highest BCUT2D eigenvalue weighted by atomic mass is 32.2. The zero-order chi connectivity index (χ0) is 16.7. The minimum Gasteiger partial charge on any atom is -0.343 e. The molecular weight excluding hydrogens is 342 g/mol. The SMILES string of the molecule is Cc1[nH]c2ncsc2c1Cc1ccccc1S(=O)(=O)N1CCCC1. The summed E-state index contributed by atoms with van der Waals surface area (Å²) in [6.07, 6.45) is 2.48. The van der Waals surface area contributed by atoms with Crippen LogP contribution in [0.15, 0.2) is 34.7 Å². The van der Waals surface area contributed by atoms with E-state index in [1.54, 1.807) is 27.8 Å². The highest BCUT2D eigenvalue weighted by Gasteiger charge is 2.29. The minimum atomic E-state index is -3.41. The van der Waals surface area contributed by atoms with Gasteiger partial charge in [-0.3, -0.25) is 0 Å². The molecule has 1 aliphatic rings. The average Bonchev–Trinajstić information content (AvgIpc) is 3.28. The zero-order valence-corrected chi connectivity index (χ0v) is 15.1. The predicted octanol–water partition coefficient (Wildman–Crippen LogP) is 3.31. The molecule has 0 bridgehead atoms. The van der Waals surface area contributed by atoms with Crippen LogP contribution < -0.4 is 0 Å². The fourth-order valence-electron chi connectivity index (χ4n) is 3.35. The molecule has 3 aromatic rings. The van der Waals surface area contributed by atoms with E-state index in [1.807, 2.05) is 24.6 Å². The molecule has 1 fully saturated rings. The van der Waals surface area contributed by atoms with Gasteiger partial charge in [-0.25, -0.2) is 13.4 Å². The van der Waals surface area contributed by atoms with Crippen molar-refractivity contribution in [3.05, 3.63) is 46.6 Å². The van der Waals surface area contributed by atoms with Gasteiger partial charge in [0, 0.05) is 25.2 Å². The molecule has 126 valence electrons. The lowest BCUT2D eigenvalue weighted by molar-refractivity contribution is 0.477. The van der Waals surface area contributed by atoms with Crippen LogP contribution in [0.3, 0.4) is 0 Å². The first-order valence-corrected chi connectivity index (χ1v) is 10.4. The number of nitrogens with one attached hydrogen (secondary N) is 1. The van der Waals surface area contributed by atoms with Crippen molar-refractivity contribution in [3.8, 4) is 0 Å². The van der Waals surface area contributed by atoms with Crippen LogP contribution >= 0.6 is 11.3 Å². The Morgan fingerprint density at radius 1 is 1.25 bits per heavy atom. The summed E-state index contributed by atoms with van der Waals surface area (Å²) in [6.45, 7) is 3.26.